The molecule has 4 nitrogen and oxygen atoms in total. The fourth-order valence-electron chi connectivity index (χ4n) is 1.11. The monoisotopic (exact) mass is 201 g/mol. The van der Waals surface area contributed by atoms with Crippen molar-refractivity contribution in [3.05, 3.63) is 11.6 Å². The van der Waals surface area contributed by atoms with Gasteiger partial charge in [0.05, 0.1) is 6.61 Å². The highest BCUT2D eigenvalue weighted by Gasteiger charge is 2.03. The number of carboxylic acids is 1. The van der Waals surface area contributed by atoms with E-state index >= 15 is 0 Å². The predicted octanol–water partition coefficient (Wildman–Crippen LogP) is 0.722. The summed E-state index contributed by atoms with van der Waals surface area (Å²) in [6.07, 6.45) is 2.67. The second-order valence-corrected chi connectivity index (χ2v) is 3.22. The molecular weight excluding hydrogens is 182 g/mol. The van der Waals surface area contributed by atoms with E-state index in [1.807, 2.05) is 4.90 Å². The van der Waals surface area contributed by atoms with Crippen molar-refractivity contribution >= 4 is 5.97 Å². The van der Waals surface area contributed by atoms with Gasteiger partial charge >= 0.3 is 5.97 Å². The molecule has 0 spiro atoms. The minimum absolute atomic E-state index is 0.111. The van der Waals surface area contributed by atoms with Gasteiger partial charge in [-0.15, -0.1) is 0 Å². The number of hydrogen-bond acceptors (Lipinski definition) is 3. The number of rotatable bonds is 7. The van der Waals surface area contributed by atoms with E-state index in [9.17, 15) is 4.79 Å². The van der Waals surface area contributed by atoms with Gasteiger partial charge in [-0.25, -0.2) is 4.79 Å². The van der Waals surface area contributed by atoms with E-state index in [1.165, 1.54) is 0 Å². The average Bonchev–Trinajstić information content (AvgIpc) is 2.14. The van der Waals surface area contributed by atoms with E-state index in [-0.39, 0.29) is 6.61 Å². The summed E-state index contributed by atoms with van der Waals surface area (Å²) in [5.74, 6) is -0.884. The van der Waals surface area contributed by atoms with Crippen molar-refractivity contribution in [2.75, 3.05) is 26.2 Å². The Morgan fingerprint density at radius 3 is 2.50 bits per heavy atom. The predicted molar refractivity (Wildman–Crippen MR) is 55.2 cm³/mol. The molecule has 0 amide bonds. The Balaban J connectivity index is 4.02. The summed E-state index contributed by atoms with van der Waals surface area (Å²) in [4.78, 5) is 12.5. The molecule has 0 unspecified atom stereocenters. The van der Waals surface area contributed by atoms with Gasteiger partial charge in [-0.1, -0.05) is 13.0 Å². The maximum absolute atomic E-state index is 10.5. The molecule has 0 aliphatic heterocycles. The Morgan fingerprint density at radius 1 is 1.43 bits per heavy atom. The minimum Gasteiger partial charge on any atom is -0.478 e. The molecule has 14 heavy (non-hydrogen) atoms. The zero-order valence-electron chi connectivity index (χ0n) is 8.86. The van der Waals surface area contributed by atoms with E-state index in [2.05, 4.69) is 6.92 Å². The molecule has 0 aliphatic carbocycles. The van der Waals surface area contributed by atoms with Crippen molar-refractivity contribution in [2.45, 2.75) is 20.3 Å². The van der Waals surface area contributed by atoms with Gasteiger partial charge in [-0.2, -0.15) is 0 Å². The SMILES string of the molecule is CCCN(CC=C(C)C(=O)O)CCO. The Kier molecular flexibility index (Phi) is 7.06. The molecule has 0 aromatic carbocycles. The molecule has 0 aromatic rings. The number of carboxylic acid groups (broad SMARTS) is 1. The Labute approximate surface area is 84.8 Å². The molecule has 0 fully saturated rings. The molecule has 2 N–H and O–H groups in total. The summed E-state index contributed by atoms with van der Waals surface area (Å²) in [5.41, 5.74) is 0.351. The molecule has 0 atom stereocenters. The summed E-state index contributed by atoms with van der Waals surface area (Å²) in [6, 6.07) is 0. The van der Waals surface area contributed by atoms with Gasteiger partial charge in [-0.05, 0) is 19.9 Å². The van der Waals surface area contributed by atoms with Gasteiger partial charge in [0, 0.05) is 18.7 Å². The zero-order chi connectivity index (χ0) is 11.0. The summed E-state index contributed by atoms with van der Waals surface area (Å²) in [5, 5.41) is 17.4. The lowest BCUT2D eigenvalue weighted by Gasteiger charge is -2.18. The largest absolute Gasteiger partial charge is 0.478 e. The van der Waals surface area contributed by atoms with Crippen LogP contribution in [-0.4, -0.2) is 47.3 Å². The first-order chi connectivity index (χ1) is 6.61. The molecule has 0 aromatic heterocycles. The van der Waals surface area contributed by atoms with Crippen LogP contribution >= 0.6 is 0 Å². The van der Waals surface area contributed by atoms with Crippen LogP contribution in [0.3, 0.4) is 0 Å². The maximum atomic E-state index is 10.5. The summed E-state index contributed by atoms with van der Waals surface area (Å²) >= 11 is 0. The minimum atomic E-state index is -0.884. The topological polar surface area (TPSA) is 60.8 Å². The first-order valence-electron chi connectivity index (χ1n) is 4.85. The summed E-state index contributed by atoms with van der Waals surface area (Å²) in [6.45, 7) is 5.80. The third-order valence-corrected chi connectivity index (χ3v) is 1.95. The van der Waals surface area contributed by atoms with Gasteiger partial charge < -0.3 is 10.2 Å². The van der Waals surface area contributed by atoms with Gasteiger partial charge in [0.25, 0.3) is 0 Å². The highest BCUT2D eigenvalue weighted by molar-refractivity contribution is 5.85. The lowest BCUT2D eigenvalue weighted by molar-refractivity contribution is -0.132. The fraction of sp³-hybridized carbons (Fsp3) is 0.700. The number of carbonyl (C=O) groups is 1. The van der Waals surface area contributed by atoms with Gasteiger partial charge in [0.1, 0.15) is 0 Å². The van der Waals surface area contributed by atoms with Crippen molar-refractivity contribution in [3.63, 3.8) is 0 Å². The van der Waals surface area contributed by atoms with Crippen LogP contribution in [-0.2, 0) is 4.79 Å². The van der Waals surface area contributed by atoms with Crippen LogP contribution in [0.2, 0.25) is 0 Å². The standard InChI is InChI=1S/C10H19NO3/c1-3-5-11(7-8-12)6-4-9(2)10(13)14/h4,12H,3,5-8H2,1-2H3,(H,13,14). The first-order valence-corrected chi connectivity index (χ1v) is 4.85. The lowest BCUT2D eigenvalue weighted by Crippen LogP contribution is -2.28. The van der Waals surface area contributed by atoms with E-state index in [4.69, 9.17) is 10.2 Å². The van der Waals surface area contributed by atoms with Crippen LogP contribution in [0.4, 0.5) is 0 Å². The van der Waals surface area contributed by atoms with Gasteiger partial charge in [0.2, 0.25) is 0 Å². The van der Waals surface area contributed by atoms with Crippen LogP contribution < -0.4 is 0 Å². The number of aliphatic hydroxyl groups is 1. The van der Waals surface area contributed by atoms with Crippen LogP contribution in [0.1, 0.15) is 20.3 Å². The zero-order valence-corrected chi connectivity index (χ0v) is 8.86. The first kappa shape index (κ1) is 13.1. The van der Waals surface area contributed by atoms with Crippen molar-refractivity contribution in [2.24, 2.45) is 0 Å². The second-order valence-electron chi connectivity index (χ2n) is 3.22. The van der Waals surface area contributed by atoms with E-state index < -0.39 is 5.97 Å². The van der Waals surface area contributed by atoms with E-state index in [0.29, 0.717) is 18.7 Å². The van der Waals surface area contributed by atoms with Crippen LogP contribution in [0.5, 0.6) is 0 Å². The molecule has 0 heterocycles. The smallest absolute Gasteiger partial charge is 0.330 e. The van der Waals surface area contributed by atoms with Crippen molar-refractivity contribution in [1.82, 2.24) is 4.90 Å². The molecule has 0 saturated heterocycles. The number of aliphatic hydroxyl groups excluding tert-OH is 1. The Hall–Kier alpha value is -0.870. The number of aliphatic carboxylic acids is 1. The van der Waals surface area contributed by atoms with E-state index in [0.717, 1.165) is 13.0 Å². The third-order valence-electron chi connectivity index (χ3n) is 1.95. The van der Waals surface area contributed by atoms with Crippen molar-refractivity contribution < 1.29 is 15.0 Å². The van der Waals surface area contributed by atoms with Crippen LogP contribution in [0.25, 0.3) is 0 Å². The molecular formula is C10H19NO3. The average molecular weight is 201 g/mol. The van der Waals surface area contributed by atoms with Crippen LogP contribution in [0, 0.1) is 0 Å². The fourth-order valence-corrected chi connectivity index (χ4v) is 1.11. The normalized spacial score (nSPS) is 12.1. The summed E-state index contributed by atoms with van der Waals surface area (Å²) in [7, 11) is 0. The quantitative estimate of drug-likeness (QED) is 0.596. The van der Waals surface area contributed by atoms with E-state index in [1.54, 1.807) is 13.0 Å². The summed E-state index contributed by atoms with van der Waals surface area (Å²) < 4.78 is 0. The van der Waals surface area contributed by atoms with Gasteiger partial charge in [-0.3, -0.25) is 4.90 Å². The highest BCUT2D eigenvalue weighted by atomic mass is 16.4. The maximum Gasteiger partial charge on any atom is 0.330 e. The molecule has 0 radical (unpaired) electrons. The third kappa shape index (κ3) is 5.72. The Bertz CT molecular complexity index is 196. The molecule has 0 bridgehead atoms. The number of nitrogens with zero attached hydrogens (tertiary/aromatic N) is 1. The lowest BCUT2D eigenvalue weighted by atomic mass is 10.2. The Morgan fingerprint density at radius 2 is 2.07 bits per heavy atom. The van der Waals surface area contributed by atoms with Crippen LogP contribution in [0.15, 0.2) is 11.6 Å². The molecule has 82 valence electrons. The molecule has 0 rings (SSSR count). The number of hydrogen-bond donors (Lipinski definition) is 2. The second kappa shape index (κ2) is 7.53. The van der Waals surface area contributed by atoms with Gasteiger partial charge in [0.15, 0.2) is 0 Å². The molecule has 0 saturated carbocycles. The highest BCUT2D eigenvalue weighted by Crippen LogP contribution is 1.96. The van der Waals surface area contributed by atoms with Crippen molar-refractivity contribution in [1.29, 1.82) is 0 Å². The van der Waals surface area contributed by atoms with Crippen molar-refractivity contribution in [3.8, 4) is 0 Å². The molecule has 4 heteroatoms. The molecule has 0 aliphatic rings.